The van der Waals surface area contributed by atoms with Crippen molar-refractivity contribution in [2.24, 2.45) is 0 Å². The highest BCUT2D eigenvalue weighted by Gasteiger charge is 2.32. The molecule has 1 saturated heterocycles. The zero-order valence-corrected chi connectivity index (χ0v) is 15.0. The van der Waals surface area contributed by atoms with E-state index in [1.807, 2.05) is 24.3 Å². The molecule has 0 aliphatic carbocycles. The summed E-state index contributed by atoms with van der Waals surface area (Å²) in [5.41, 5.74) is 2.11. The topological polar surface area (TPSA) is 80.3 Å². The lowest BCUT2D eigenvalue weighted by Gasteiger charge is -2.33. The molecule has 2 aliphatic rings. The number of hydrogen-bond acceptors (Lipinski definition) is 8. The molecule has 1 aromatic carbocycles. The number of rotatable bonds is 4. The summed E-state index contributed by atoms with van der Waals surface area (Å²) in [5.74, 6) is -1.20. The molecule has 2 heterocycles. The number of piperazine rings is 1. The van der Waals surface area contributed by atoms with Crippen LogP contribution in [0.2, 0.25) is 0 Å². The van der Waals surface area contributed by atoms with Gasteiger partial charge in [0.25, 0.3) is 0 Å². The van der Waals surface area contributed by atoms with Crippen molar-refractivity contribution in [1.82, 2.24) is 5.32 Å². The molecule has 8 nitrogen and oxygen atoms in total. The summed E-state index contributed by atoms with van der Waals surface area (Å²) >= 11 is 0. The molecule has 8 heteroatoms. The molecule has 3 rings (SSSR count). The van der Waals surface area contributed by atoms with Crippen LogP contribution in [0.5, 0.6) is 0 Å². The lowest BCUT2D eigenvalue weighted by Crippen LogP contribution is -2.43. The fourth-order valence-electron chi connectivity index (χ4n) is 3.13. The monoisotopic (exact) mass is 361 g/mol. The van der Waals surface area contributed by atoms with Crippen molar-refractivity contribution in [3.05, 3.63) is 35.5 Å². The molecular formula is C18H23N3O5. The van der Waals surface area contributed by atoms with Gasteiger partial charge in [-0.25, -0.2) is 9.59 Å². The van der Waals surface area contributed by atoms with Crippen molar-refractivity contribution in [3.8, 4) is 0 Å². The van der Waals surface area contributed by atoms with Crippen molar-refractivity contribution < 1.29 is 23.8 Å². The molecule has 0 spiro atoms. The van der Waals surface area contributed by atoms with E-state index in [4.69, 9.17) is 14.2 Å². The van der Waals surface area contributed by atoms with Gasteiger partial charge in [-0.1, -0.05) is 6.07 Å². The van der Waals surface area contributed by atoms with Crippen molar-refractivity contribution in [1.29, 1.82) is 0 Å². The lowest BCUT2D eigenvalue weighted by atomic mass is 10.1. The fourth-order valence-corrected chi connectivity index (χ4v) is 3.13. The fraction of sp³-hybridized carbons (Fsp3) is 0.444. The first kappa shape index (κ1) is 18.2. The number of nitrogens with zero attached hydrogens (tertiary/aromatic N) is 2. The molecule has 2 aliphatic heterocycles. The first-order valence-electron chi connectivity index (χ1n) is 8.46. The third-order valence-electron chi connectivity index (χ3n) is 4.46. The molecule has 140 valence electrons. The average Bonchev–Trinajstić information content (AvgIpc) is 2.72. The smallest absolute Gasteiger partial charge is 0.355 e. The first-order valence-corrected chi connectivity index (χ1v) is 8.46. The Balaban J connectivity index is 1.98. The van der Waals surface area contributed by atoms with Crippen molar-refractivity contribution in [3.63, 3.8) is 0 Å². The highest BCUT2D eigenvalue weighted by atomic mass is 16.5. The van der Waals surface area contributed by atoms with Gasteiger partial charge in [-0.15, -0.1) is 0 Å². The number of esters is 2. The summed E-state index contributed by atoms with van der Waals surface area (Å²) in [6.07, 6.45) is 0. The van der Waals surface area contributed by atoms with Crippen molar-refractivity contribution in [2.45, 2.75) is 0 Å². The third kappa shape index (κ3) is 3.66. The van der Waals surface area contributed by atoms with Crippen LogP contribution in [0.25, 0.3) is 0 Å². The second kappa shape index (κ2) is 8.20. The highest BCUT2D eigenvalue weighted by molar-refractivity contribution is 6.03. The molecule has 0 bridgehead atoms. The second-order valence-electron chi connectivity index (χ2n) is 5.97. The maximum absolute atomic E-state index is 12.4. The minimum absolute atomic E-state index is 0.00505. The maximum Gasteiger partial charge on any atom is 0.355 e. The number of anilines is 2. The number of carbonyl (C=O) groups excluding carboxylic acids is 2. The Morgan fingerprint density at radius 1 is 1.08 bits per heavy atom. The predicted octanol–water partition coefficient (Wildman–Crippen LogP) is 0.490. The molecule has 0 atom stereocenters. The van der Waals surface area contributed by atoms with Crippen LogP contribution in [-0.4, -0.2) is 65.7 Å². The number of ether oxygens (including phenoxy) is 3. The van der Waals surface area contributed by atoms with Crippen LogP contribution in [0.1, 0.15) is 0 Å². The van der Waals surface area contributed by atoms with E-state index in [1.54, 1.807) is 4.90 Å². The van der Waals surface area contributed by atoms with Gasteiger partial charge in [0.15, 0.2) is 0 Å². The number of hydrogen-bond donors (Lipinski definition) is 1. The minimum Gasteiger partial charge on any atom is -0.466 e. The molecule has 1 fully saturated rings. The van der Waals surface area contributed by atoms with Crippen LogP contribution in [0.3, 0.4) is 0 Å². The summed E-state index contributed by atoms with van der Waals surface area (Å²) in [5, 5.41) is 3.32. The molecule has 1 N–H and O–H groups in total. The normalized spacial score (nSPS) is 17.9. The Hall–Kier alpha value is -2.58. The summed E-state index contributed by atoms with van der Waals surface area (Å²) in [7, 11) is 2.56. The van der Waals surface area contributed by atoms with E-state index in [9.17, 15) is 9.59 Å². The van der Waals surface area contributed by atoms with Gasteiger partial charge in [0.1, 0.15) is 12.4 Å². The van der Waals surface area contributed by atoms with Crippen LogP contribution in [-0.2, 0) is 23.8 Å². The van der Waals surface area contributed by atoms with E-state index < -0.39 is 11.9 Å². The van der Waals surface area contributed by atoms with Crippen LogP contribution in [0.4, 0.5) is 11.4 Å². The van der Waals surface area contributed by atoms with E-state index in [0.717, 1.165) is 37.6 Å². The summed E-state index contributed by atoms with van der Waals surface area (Å²) in [6.45, 7) is 3.83. The van der Waals surface area contributed by atoms with Gasteiger partial charge in [0.05, 0.1) is 26.4 Å². The Morgan fingerprint density at radius 2 is 1.77 bits per heavy atom. The standard InChI is InChI=1S/C18H23N3O5/c1-24-17(22)15-11-26-12-21(16(15)18(23)25-2)14-5-3-4-13(10-14)20-8-6-19-7-9-20/h3-5,10,19H,6-9,11-12H2,1-2H3. The Labute approximate surface area is 152 Å². The second-order valence-corrected chi connectivity index (χ2v) is 5.97. The summed E-state index contributed by atoms with van der Waals surface area (Å²) in [4.78, 5) is 28.4. The summed E-state index contributed by atoms with van der Waals surface area (Å²) in [6, 6.07) is 7.81. The van der Waals surface area contributed by atoms with Gasteiger partial charge >= 0.3 is 11.9 Å². The summed E-state index contributed by atoms with van der Waals surface area (Å²) < 4.78 is 15.2. The Morgan fingerprint density at radius 3 is 2.46 bits per heavy atom. The molecule has 0 radical (unpaired) electrons. The maximum atomic E-state index is 12.4. The van der Waals surface area contributed by atoms with E-state index in [1.165, 1.54) is 14.2 Å². The first-order chi connectivity index (χ1) is 12.7. The lowest BCUT2D eigenvalue weighted by molar-refractivity contribution is -0.140. The molecule has 0 aromatic heterocycles. The minimum atomic E-state index is -0.603. The molecule has 0 amide bonds. The molecule has 1 aromatic rings. The third-order valence-corrected chi connectivity index (χ3v) is 4.46. The SMILES string of the molecule is COC(=O)C1=C(C(=O)OC)N(c2cccc(N3CCNCC3)c2)COC1. The molecule has 26 heavy (non-hydrogen) atoms. The molecule has 0 unspecified atom stereocenters. The molecule has 0 saturated carbocycles. The molecular weight excluding hydrogens is 338 g/mol. The zero-order valence-electron chi connectivity index (χ0n) is 15.0. The van der Waals surface area contributed by atoms with E-state index >= 15 is 0 Å². The van der Waals surface area contributed by atoms with Gasteiger partial charge < -0.3 is 29.3 Å². The van der Waals surface area contributed by atoms with Gasteiger partial charge in [0, 0.05) is 37.6 Å². The number of carbonyl (C=O) groups is 2. The average molecular weight is 361 g/mol. The van der Waals surface area contributed by atoms with Gasteiger partial charge in [-0.05, 0) is 18.2 Å². The zero-order chi connectivity index (χ0) is 18.5. The van der Waals surface area contributed by atoms with E-state index in [2.05, 4.69) is 10.2 Å². The largest absolute Gasteiger partial charge is 0.466 e. The van der Waals surface area contributed by atoms with Crippen molar-refractivity contribution >= 4 is 23.3 Å². The quantitative estimate of drug-likeness (QED) is 0.777. The van der Waals surface area contributed by atoms with E-state index in [0.29, 0.717) is 0 Å². The van der Waals surface area contributed by atoms with Crippen molar-refractivity contribution in [2.75, 3.05) is 63.5 Å². The Kier molecular flexibility index (Phi) is 5.75. The number of methoxy groups -OCH3 is 2. The Bertz CT molecular complexity index is 713. The van der Waals surface area contributed by atoms with Gasteiger partial charge in [-0.3, -0.25) is 0 Å². The van der Waals surface area contributed by atoms with Crippen LogP contribution in [0, 0.1) is 0 Å². The number of benzene rings is 1. The van der Waals surface area contributed by atoms with Gasteiger partial charge in [0.2, 0.25) is 0 Å². The van der Waals surface area contributed by atoms with Gasteiger partial charge in [-0.2, -0.15) is 0 Å². The highest BCUT2D eigenvalue weighted by Crippen LogP contribution is 2.29. The van der Waals surface area contributed by atoms with Crippen LogP contribution >= 0.6 is 0 Å². The van der Waals surface area contributed by atoms with Crippen LogP contribution < -0.4 is 15.1 Å². The van der Waals surface area contributed by atoms with Crippen LogP contribution in [0.15, 0.2) is 35.5 Å². The number of nitrogens with one attached hydrogen (secondary N) is 1. The predicted molar refractivity (Wildman–Crippen MR) is 95.9 cm³/mol. The van der Waals surface area contributed by atoms with E-state index in [-0.39, 0.29) is 24.6 Å².